The zero-order valence-corrected chi connectivity index (χ0v) is 18.5. The van der Waals surface area contributed by atoms with Crippen LogP contribution in [-0.4, -0.2) is 17.1 Å². The quantitative estimate of drug-likeness (QED) is 0.287. The van der Waals surface area contributed by atoms with E-state index >= 15 is 0 Å². The summed E-state index contributed by atoms with van der Waals surface area (Å²) in [6, 6.07) is 20.7. The van der Waals surface area contributed by atoms with E-state index in [1.807, 2.05) is 26.0 Å². The summed E-state index contributed by atoms with van der Waals surface area (Å²) in [5.74, 6) is -0.602. The fourth-order valence-corrected chi connectivity index (χ4v) is 3.17. The number of aromatic hydroxyl groups is 1. The number of ether oxygens (including phenoxy) is 1. The number of phenols is 1. The van der Waals surface area contributed by atoms with Crippen LogP contribution < -0.4 is 16.4 Å². The fourth-order valence-electron chi connectivity index (χ4n) is 3.17. The molecule has 0 saturated carbocycles. The minimum absolute atomic E-state index is 0.102. The van der Waals surface area contributed by atoms with Crippen LogP contribution in [0.15, 0.2) is 84.9 Å². The van der Waals surface area contributed by atoms with Gasteiger partial charge < -0.3 is 20.9 Å². The van der Waals surface area contributed by atoms with Crippen molar-refractivity contribution in [2.24, 2.45) is 5.92 Å². The Balaban J connectivity index is 1.72. The standard InChI is InChI=1S/C26H27N3O4/c1-17-7-12-20(13-8-17)28-26(32)33-25(19-10-14-21(30)15-11-19)18(2)9-16-24(31)29-23-6-4-3-5-22(23)27/h3-16,18,25,30H,27H2,1-2H3,(H,28,32)(H,29,31)/b16-9+/t18-,25+/m1/s1. The molecule has 0 aliphatic rings. The van der Waals surface area contributed by atoms with Crippen molar-refractivity contribution in [2.45, 2.75) is 20.0 Å². The number of para-hydroxylation sites is 2. The van der Waals surface area contributed by atoms with Crippen LogP contribution in [0.5, 0.6) is 5.75 Å². The molecule has 170 valence electrons. The number of amides is 2. The van der Waals surface area contributed by atoms with Gasteiger partial charge in [-0.1, -0.05) is 55.0 Å². The molecule has 3 aromatic carbocycles. The highest BCUT2D eigenvalue weighted by atomic mass is 16.6. The Morgan fingerprint density at radius 2 is 1.64 bits per heavy atom. The lowest BCUT2D eigenvalue weighted by Gasteiger charge is -2.23. The van der Waals surface area contributed by atoms with E-state index in [0.29, 0.717) is 22.6 Å². The summed E-state index contributed by atoms with van der Waals surface area (Å²) in [4.78, 5) is 24.9. The maximum absolute atomic E-state index is 12.6. The van der Waals surface area contributed by atoms with Gasteiger partial charge in [0.25, 0.3) is 0 Å². The third-order valence-electron chi connectivity index (χ3n) is 5.00. The first-order valence-corrected chi connectivity index (χ1v) is 10.5. The zero-order chi connectivity index (χ0) is 23.8. The second kappa shape index (κ2) is 10.9. The third-order valence-corrected chi connectivity index (χ3v) is 5.00. The van der Waals surface area contributed by atoms with Crippen LogP contribution in [0.25, 0.3) is 0 Å². The number of nitrogen functional groups attached to an aromatic ring is 1. The van der Waals surface area contributed by atoms with E-state index in [2.05, 4.69) is 10.6 Å². The molecule has 7 nitrogen and oxygen atoms in total. The Labute approximate surface area is 192 Å². The highest BCUT2D eigenvalue weighted by Crippen LogP contribution is 2.29. The number of nitrogens with two attached hydrogens (primary N) is 1. The molecule has 0 aliphatic carbocycles. The van der Waals surface area contributed by atoms with Gasteiger partial charge >= 0.3 is 6.09 Å². The first kappa shape index (κ1) is 23.4. The number of carbonyl (C=O) groups excluding carboxylic acids is 2. The van der Waals surface area contributed by atoms with Gasteiger partial charge in [0, 0.05) is 11.6 Å². The number of aryl methyl sites for hydroxylation is 1. The number of anilines is 3. The second-order valence-electron chi connectivity index (χ2n) is 7.70. The predicted molar refractivity (Wildman–Crippen MR) is 130 cm³/mol. The third kappa shape index (κ3) is 6.87. The first-order valence-electron chi connectivity index (χ1n) is 10.5. The van der Waals surface area contributed by atoms with Gasteiger partial charge in [0.05, 0.1) is 11.4 Å². The summed E-state index contributed by atoms with van der Waals surface area (Å²) < 4.78 is 5.71. The molecule has 0 bridgehead atoms. The summed E-state index contributed by atoms with van der Waals surface area (Å²) >= 11 is 0. The molecule has 0 radical (unpaired) electrons. The highest BCUT2D eigenvalue weighted by Gasteiger charge is 2.22. The molecule has 3 aromatic rings. The van der Waals surface area contributed by atoms with Crippen LogP contribution in [0.1, 0.15) is 24.2 Å². The molecule has 5 N–H and O–H groups in total. The zero-order valence-electron chi connectivity index (χ0n) is 18.5. The summed E-state index contributed by atoms with van der Waals surface area (Å²) in [5, 5.41) is 15.1. The highest BCUT2D eigenvalue weighted by molar-refractivity contribution is 6.01. The van der Waals surface area contributed by atoms with E-state index in [0.717, 1.165) is 5.56 Å². The molecule has 0 heterocycles. The molecular formula is C26H27N3O4. The number of carbonyl (C=O) groups is 2. The van der Waals surface area contributed by atoms with E-state index in [1.165, 1.54) is 18.2 Å². The smallest absolute Gasteiger partial charge is 0.412 e. The minimum atomic E-state index is -0.693. The molecule has 2 amide bonds. The maximum Gasteiger partial charge on any atom is 0.412 e. The molecule has 33 heavy (non-hydrogen) atoms. The fraction of sp³-hybridized carbons (Fsp3) is 0.154. The van der Waals surface area contributed by atoms with Crippen LogP contribution in [0.2, 0.25) is 0 Å². The lowest BCUT2D eigenvalue weighted by molar-refractivity contribution is -0.111. The van der Waals surface area contributed by atoms with Gasteiger partial charge in [-0.2, -0.15) is 0 Å². The Kier molecular flexibility index (Phi) is 7.70. The predicted octanol–water partition coefficient (Wildman–Crippen LogP) is 5.40. The maximum atomic E-state index is 12.6. The minimum Gasteiger partial charge on any atom is -0.508 e. The van der Waals surface area contributed by atoms with E-state index in [-0.39, 0.29) is 17.6 Å². The van der Waals surface area contributed by atoms with E-state index in [4.69, 9.17) is 10.5 Å². The number of hydrogen-bond acceptors (Lipinski definition) is 5. The summed E-state index contributed by atoms with van der Waals surface area (Å²) in [7, 11) is 0. The number of benzene rings is 3. The molecule has 0 saturated heterocycles. The van der Waals surface area contributed by atoms with Gasteiger partial charge in [-0.25, -0.2) is 4.79 Å². The van der Waals surface area contributed by atoms with E-state index < -0.39 is 12.2 Å². The van der Waals surface area contributed by atoms with Crippen LogP contribution in [-0.2, 0) is 9.53 Å². The largest absolute Gasteiger partial charge is 0.508 e. The van der Waals surface area contributed by atoms with Crippen molar-refractivity contribution in [2.75, 3.05) is 16.4 Å². The molecule has 3 rings (SSSR count). The molecular weight excluding hydrogens is 418 g/mol. The van der Waals surface area contributed by atoms with Crippen molar-refractivity contribution in [1.82, 2.24) is 0 Å². The summed E-state index contributed by atoms with van der Waals surface area (Å²) in [6.07, 6.45) is 1.72. The average Bonchev–Trinajstić information content (AvgIpc) is 2.80. The van der Waals surface area contributed by atoms with Crippen molar-refractivity contribution in [3.8, 4) is 5.75 Å². The number of nitrogens with one attached hydrogen (secondary N) is 2. The molecule has 0 fully saturated rings. The van der Waals surface area contributed by atoms with Gasteiger partial charge in [0.2, 0.25) is 5.91 Å². The van der Waals surface area contributed by atoms with E-state index in [1.54, 1.807) is 54.6 Å². The van der Waals surface area contributed by atoms with Crippen LogP contribution in [0, 0.1) is 12.8 Å². The first-order chi connectivity index (χ1) is 15.8. The Morgan fingerprint density at radius 1 is 0.970 bits per heavy atom. The molecule has 0 aromatic heterocycles. The second-order valence-corrected chi connectivity index (χ2v) is 7.70. The van der Waals surface area contributed by atoms with Gasteiger partial charge in [-0.05, 0) is 55.0 Å². The van der Waals surface area contributed by atoms with Gasteiger partial charge in [0.15, 0.2) is 0 Å². The van der Waals surface area contributed by atoms with Crippen molar-refractivity contribution < 1.29 is 19.4 Å². The lowest BCUT2D eigenvalue weighted by atomic mass is 9.96. The Hall–Kier alpha value is -4.26. The van der Waals surface area contributed by atoms with Crippen molar-refractivity contribution in [3.63, 3.8) is 0 Å². The number of hydrogen-bond donors (Lipinski definition) is 4. The summed E-state index contributed by atoms with van der Waals surface area (Å²) in [6.45, 7) is 3.79. The van der Waals surface area contributed by atoms with E-state index in [9.17, 15) is 14.7 Å². The Morgan fingerprint density at radius 3 is 2.30 bits per heavy atom. The SMILES string of the molecule is Cc1ccc(NC(=O)O[C@H](c2ccc(O)cc2)[C@H](C)/C=C/C(=O)Nc2ccccc2N)cc1. The number of phenolic OH excluding ortho intramolecular Hbond substituents is 1. The average molecular weight is 446 g/mol. The Bertz CT molecular complexity index is 1130. The summed E-state index contributed by atoms with van der Waals surface area (Å²) in [5.41, 5.74) is 9.21. The van der Waals surface area contributed by atoms with Crippen molar-refractivity contribution in [1.29, 1.82) is 0 Å². The molecule has 0 spiro atoms. The van der Waals surface area contributed by atoms with Crippen LogP contribution >= 0.6 is 0 Å². The van der Waals surface area contributed by atoms with Crippen LogP contribution in [0.3, 0.4) is 0 Å². The molecule has 2 atom stereocenters. The van der Waals surface area contributed by atoms with Gasteiger partial charge in [-0.15, -0.1) is 0 Å². The van der Waals surface area contributed by atoms with Gasteiger partial charge in [0.1, 0.15) is 11.9 Å². The van der Waals surface area contributed by atoms with Crippen molar-refractivity contribution in [3.05, 3.63) is 96.1 Å². The van der Waals surface area contributed by atoms with Crippen LogP contribution in [0.4, 0.5) is 21.9 Å². The topological polar surface area (TPSA) is 114 Å². The molecule has 0 aliphatic heterocycles. The van der Waals surface area contributed by atoms with Gasteiger partial charge in [-0.3, -0.25) is 10.1 Å². The molecule has 0 unspecified atom stereocenters. The lowest BCUT2D eigenvalue weighted by Crippen LogP contribution is -2.21. The normalized spacial score (nSPS) is 12.7. The monoisotopic (exact) mass is 445 g/mol. The molecule has 7 heteroatoms. The number of rotatable bonds is 7. The van der Waals surface area contributed by atoms with Crippen molar-refractivity contribution >= 4 is 29.1 Å².